The van der Waals surface area contributed by atoms with Gasteiger partial charge in [0.25, 0.3) is 0 Å². The van der Waals surface area contributed by atoms with Crippen LogP contribution in [-0.4, -0.2) is 29.9 Å². The molecule has 0 radical (unpaired) electrons. The summed E-state index contributed by atoms with van der Waals surface area (Å²) in [6.45, 7) is 2.02. The summed E-state index contributed by atoms with van der Waals surface area (Å²) in [5.41, 5.74) is 6.06. The summed E-state index contributed by atoms with van der Waals surface area (Å²) in [5, 5.41) is 0. The molecule has 1 amide bonds. The van der Waals surface area contributed by atoms with Gasteiger partial charge in [-0.05, 0) is 50.4 Å². The van der Waals surface area contributed by atoms with Crippen molar-refractivity contribution >= 4 is 5.91 Å². The van der Waals surface area contributed by atoms with Crippen LogP contribution in [-0.2, 0) is 4.79 Å². The van der Waals surface area contributed by atoms with Crippen molar-refractivity contribution < 1.29 is 4.79 Å². The molecule has 3 rings (SSSR count). The van der Waals surface area contributed by atoms with E-state index in [9.17, 15) is 4.79 Å². The van der Waals surface area contributed by atoms with E-state index in [1.807, 2.05) is 0 Å². The third kappa shape index (κ3) is 2.82. The quantitative estimate of drug-likeness (QED) is 0.790. The number of hydrogen-bond acceptors (Lipinski definition) is 2. The third-order valence-electron chi connectivity index (χ3n) is 4.55. The standard InChI is InChI=1S/C14H24N2O/c15-13-3-1-2-12(13)14(17)16(8-10-4-5-10)9-11-6-7-11/h10-13H,1-9,15H2/t12-,13-/m1/s1. The first kappa shape index (κ1) is 11.5. The molecule has 0 aromatic carbocycles. The maximum atomic E-state index is 12.5. The maximum Gasteiger partial charge on any atom is 0.227 e. The Kier molecular flexibility index (Phi) is 3.12. The lowest BCUT2D eigenvalue weighted by molar-refractivity contribution is -0.136. The highest BCUT2D eigenvalue weighted by molar-refractivity contribution is 5.80. The summed E-state index contributed by atoms with van der Waals surface area (Å²) >= 11 is 0. The average Bonchev–Trinajstić information content (AvgIpc) is 3.21. The van der Waals surface area contributed by atoms with Gasteiger partial charge in [0.1, 0.15) is 0 Å². The van der Waals surface area contributed by atoms with Crippen LogP contribution in [0.5, 0.6) is 0 Å². The molecule has 0 heterocycles. The molecule has 0 aromatic heterocycles. The van der Waals surface area contributed by atoms with Crippen molar-refractivity contribution in [1.29, 1.82) is 0 Å². The van der Waals surface area contributed by atoms with Crippen molar-refractivity contribution in [2.75, 3.05) is 13.1 Å². The van der Waals surface area contributed by atoms with Gasteiger partial charge in [-0.2, -0.15) is 0 Å². The van der Waals surface area contributed by atoms with Crippen molar-refractivity contribution in [3.8, 4) is 0 Å². The van der Waals surface area contributed by atoms with E-state index in [2.05, 4.69) is 4.90 Å². The van der Waals surface area contributed by atoms with E-state index in [1.165, 1.54) is 25.7 Å². The van der Waals surface area contributed by atoms with Gasteiger partial charge in [-0.1, -0.05) is 6.42 Å². The SMILES string of the molecule is N[C@@H]1CCC[C@H]1C(=O)N(CC1CC1)CC1CC1. The van der Waals surface area contributed by atoms with Crippen LogP contribution in [0.25, 0.3) is 0 Å². The van der Waals surface area contributed by atoms with E-state index in [0.29, 0.717) is 5.91 Å². The van der Waals surface area contributed by atoms with E-state index in [0.717, 1.165) is 44.2 Å². The number of carbonyl (C=O) groups is 1. The normalized spacial score (nSPS) is 32.8. The predicted molar refractivity (Wildman–Crippen MR) is 67.3 cm³/mol. The zero-order valence-corrected chi connectivity index (χ0v) is 10.6. The van der Waals surface area contributed by atoms with Gasteiger partial charge in [0.05, 0.1) is 5.92 Å². The maximum absolute atomic E-state index is 12.5. The molecule has 3 nitrogen and oxygen atoms in total. The molecule has 3 aliphatic carbocycles. The Morgan fingerprint density at radius 1 is 1.00 bits per heavy atom. The molecule has 2 N–H and O–H groups in total. The molecule has 0 spiro atoms. The lowest BCUT2D eigenvalue weighted by Gasteiger charge is -2.27. The van der Waals surface area contributed by atoms with E-state index in [1.54, 1.807) is 0 Å². The smallest absolute Gasteiger partial charge is 0.227 e. The van der Waals surface area contributed by atoms with Crippen LogP contribution in [0.2, 0.25) is 0 Å². The van der Waals surface area contributed by atoms with Gasteiger partial charge < -0.3 is 10.6 Å². The van der Waals surface area contributed by atoms with Crippen molar-refractivity contribution in [3.05, 3.63) is 0 Å². The summed E-state index contributed by atoms with van der Waals surface area (Å²) in [4.78, 5) is 14.7. The first-order valence-corrected chi connectivity index (χ1v) is 7.28. The van der Waals surface area contributed by atoms with Crippen LogP contribution in [0.15, 0.2) is 0 Å². The highest BCUT2D eigenvalue weighted by Crippen LogP contribution is 2.35. The highest BCUT2D eigenvalue weighted by atomic mass is 16.2. The van der Waals surface area contributed by atoms with Gasteiger partial charge in [-0.3, -0.25) is 4.79 Å². The summed E-state index contributed by atoms with van der Waals surface area (Å²) < 4.78 is 0. The third-order valence-corrected chi connectivity index (χ3v) is 4.55. The van der Waals surface area contributed by atoms with Crippen LogP contribution < -0.4 is 5.73 Å². The number of nitrogens with two attached hydrogens (primary N) is 1. The van der Waals surface area contributed by atoms with E-state index < -0.39 is 0 Å². The van der Waals surface area contributed by atoms with Crippen LogP contribution in [0.4, 0.5) is 0 Å². The first-order valence-electron chi connectivity index (χ1n) is 7.28. The Morgan fingerprint density at radius 3 is 2.00 bits per heavy atom. The minimum atomic E-state index is 0.128. The average molecular weight is 236 g/mol. The van der Waals surface area contributed by atoms with Gasteiger partial charge in [-0.25, -0.2) is 0 Å². The number of carbonyl (C=O) groups excluding carboxylic acids is 1. The zero-order valence-electron chi connectivity index (χ0n) is 10.6. The fourth-order valence-corrected chi connectivity index (χ4v) is 3.01. The second kappa shape index (κ2) is 4.60. The fourth-order valence-electron chi connectivity index (χ4n) is 3.01. The topological polar surface area (TPSA) is 46.3 Å². The predicted octanol–water partition coefficient (Wildman–Crippen LogP) is 1.76. The molecule has 0 aliphatic heterocycles. The Hall–Kier alpha value is -0.570. The molecule has 0 unspecified atom stereocenters. The second-order valence-electron chi connectivity index (χ2n) is 6.33. The molecular formula is C14H24N2O. The largest absolute Gasteiger partial charge is 0.342 e. The molecule has 0 bridgehead atoms. The molecular weight excluding hydrogens is 212 g/mol. The van der Waals surface area contributed by atoms with Crippen molar-refractivity contribution in [2.24, 2.45) is 23.5 Å². The van der Waals surface area contributed by atoms with E-state index in [4.69, 9.17) is 5.73 Å². The summed E-state index contributed by atoms with van der Waals surface area (Å²) in [7, 11) is 0. The Morgan fingerprint density at radius 2 is 1.59 bits per heavy atom. The number of nitrogens with zero attached hydrogens (tertiary/aromatic N) is 1. The van der Waals surface area contributed by atoms with Crippen LogP contribution in [0.1, 0.15) is 44.9 Å². The van der Waals surface area contributed by atoms with Crippen molar-refractivity contribution in [3.63, 3.8) is 0 Å². The summed E-state index contributed by atoms with van der Waals surface area (Å²) in [5.74, 6) is 2.10. The van der Waals surface area contributed by atoms with Crippen LogP contribution in [0.3, 0.4) is 0 Å². The molecule has 3 aliphatic rings. The van der Waals surface area contributed by atoms with Gasteiger partial charge in [0.2, 0.25) is 5.91 Å². The minimum absolute atomic E-state index is 0.128. The Balaban J connectivity index is 1.60. The fraction of sp³-hybridized carbons (Fsp3) is 0.929. The van der Waals surface area contributed by atoms with E-state index >= 15 is 0 Å². The number of rotatable bonds is 5. The molecule has 96 valence electrons. The first-order chi connectivity index (χ1) is 8.24. The van der Waals surface area contributed by atoms with Crippen molar-refractivity contribution in [1.82, 2.24) is 4.90 Å². The van der Waals surface area contributed by atoms with Gasteiger partial charge >= 0.3 is 0 Å². The van der Waals surface area contributed by atoms with Crippen molar-refractivity contribution in [2.45, 2.75) is 51.0 Å². The van der Waals surface area contributed by atoms with E-state index in [-0.39, 0.29) is 12.0 Å². The number of hydrogen-bond donors (Lipinski definition) is 1. The molecule has 3 fully saturated rings. The molecule has 0 saturated heterocycles. The zero-order chi connectivity index (χ0) is 11.8. The van der Waals surface area contributed by atoms with Gasteiger partial charge in [-0.15, -0.1) is 0 Å². The lowest BCUT2D eigenvalue weighted by Crippen LogP contribution is -2.43. The monoisotopic (exact) mass is 236 g/mol. The van der Waals surface area contributed by atoms with Gasteiger partial charge in [0, 0.05) is 19.1 Å². The summed E-state index contributed by atoms with van der Waals surface area (Å²) in [6.07, 6.45) is 8.49. The molecule has 3 heteroatoms. The minimum Gasteiger partial charge on any atom is -0.342 e. The summed E-state index contributed by atoms with van der Waals surface area (Å²) in [6, 6.07) is 0.128. The second-order valence-corrected chi connectivity index (χ2v) is 6.33. The highest BCUT2D eigenvalue weighted by Gasteiger charge is 2.37. The Labute approximate surface area is 104 Å². The van der Waals surface area contributed by atoms with Crippen LogP contribution in [0, 0.1) is 17.8 Å². The molecule has 17 heavy (non-hydrogen) atoms. The number of amides is 1. The Bertz CT molecular complexity index is 283. The van der Waals surface area contributed by atoms with Crippen LogP contribution >= 0.6 is 0 Å². The molecule has 2 atom stereocenters. The molecule has 0 aromatic rings. The molecule has 3 saturated carbocycles. The van der Waals surface area contributed by atoms with Gasteiger partial charge in [0.15, 0.2) is 0 Å². The lowest BCUT2D eigenvalue weighted by atomic mass is 10.0.